The number of carbonyl (C=O) groups excluding carboxylic acids is 1. The van der Waals surface area contributed by atoms with Gasteiger partial charge in [0.15, 0.2) is 0 Å². The molecule has 3 unspecified atom stereocenters. The van der Waals surface area contributed by atoms with Gasteiger partial charge in [0.05, 0.1) is 0 Å². The summed E-state index contributed by atoms with van der Waals surface area (Å²) in [5, 5.41) is 3.43. The predicted octanol–water partition coefficient (Wildman–Crippen LogP) is 1.19. The van der Waals surface area contributed by atoms with Gasteiger partial charge in [0.1, 0.15) is 5.69 Å². The summed E-state index contributed by atoms with van der Waals surface area (Å²) >= 11 is 0. The summed E-state index contributed by atoms with van der Waals surface area (Å²) in [6, 6.07) is 4.25. The number of aromatic nitrogens is 1. The van der Waals surface area contributed by atoms with Gasteiger partial charge in [-0.25, -0.2) is 0 Å². The molecule has 98 valence electrons. The summed E-state index contributed by atoms with van der Waals surface area (Å²) < 4.78 is 2.03. The summed E-state index contributed by atoms with van der Waals surface area (Å²) in [6.07, 6.45) is 1.98. The van der Waals surface area contributed by atoms with Crippen molar-refractivity contribution in [2.75, 3.05) is 19.6 Å². The molecule has 2 aliphatic heterocycles. The van der Waals surface area contributed by atoms with Crippen LogP contribution in [0.5, 0.6) is 0 Å². The highest BCUT2D eigenvalue weighted by molar-refractivity contribution is 5.93. The van der Waals surface area contributed by atoms with Crippen LogP contribution in [-0.2, 0) is 6.54 Å². The Morgan fingerprint density at radius 2 is 2.33 bits per heavy atom. The average molecular weight is 247 g/mol. The van der Waals surface area contributed by atoms with Gasteiger partial charge in [-0.1, -0.05) is 0 Å². The Kier molecular flexibility index (Phi) is 2.90. The van der Waals surface area contributed by atoms with E-state index in [1.54, 1.807) is 0 Å². The molecular weight excluding hydrogens is 226 g/mol. The molecule has 2 saturated heterocycles. The van der Waals surface area contributed by atoms with E-state index in [-0.39, 0.29) is 5.91 Å². The van der Waals surface area contributed by atoms with Gasteiger partial charge in [-0.2, -0.15) is 0 Å². The number of nitrogens with zero attached hydrogens (tertiary/aromatic N) is 2. The lowest BCUT2D eigenvalue weighted by Gasteiger charge is -2.25. The molecule has 1 N–H and O–H groups in total. The quantitative estimate of drug-likeness (QED) is 0.852. The van der Waals surface area contributed by atoms with Gasteiger partial charge in [0.2, 0.25) is 0 Å². The third-order valence-electron chi connectivity index (χ3n) is 4.58. The van der Waals surface area contributed by atoms with Gasteiger partial charge in [-0.15, -0.1) is 0 Å². The molecule has 3 heterocycles. The van der Waals surface area contributed by atoms with E-state index in [4.69, 9.17) is 0 Å². The molecule has 1 aromatic heterocycles. The standard InChI is InChI=1S/C14H21N3O/c1-3-16-6-4-5-13(16)14(18)17-9-11-7-15-8-12(11)10(17)2/h4-6,10-12,15H,3,7-9H2,1-2H3. The van der Waals surface area contributed by atoms with Crippen molar-refractivity contribution in [2.45, 2.75) is 26.4 Å². The molecule has 0 radical (unpaired) electrons. The predicted molar refractivity (Wildman–Crippen MR) is 70.5 cm³/mol. The van der Waals surface area contributed by atoms with Crippen LogP contribution in [0.25, 0.3) is 0 Å². The van der Waals surface area contributed by atoms with Crippen LogP contribution >= 0.6 is 0 Å². The molecule has 0 saturated carbocycles. The van der Waals surface area contributed by atoms with Crippen molar-refractivity contribution in [1.29, 1.82) is 0 Å². The third kappa shape index (κ3) is 1.67. The smallest absolute Gasteiger partial charge is 0.270 e. The number of fused-ring (bicyclic) bond motifs is 1. The fourth-order valence-corrected chi connectivity index (χ4v) is 3.47. The zero-order chi connectivity index (χ0) is 12.7. The largest absolute Gasteiger partial charge is 0.344 e. The second-order valence-corrected chi connectivity index (χ2v) is 5.46. The molecular formula is C14H21N3O. The number of nitrogens with one attached hydrogen (secondary N) is 1. The molecule has 18 heavy (non-hydrogen) atoms. The summed E-state index contributed by atoms with van der Waals surface area (Å²) in [5.74, 6) is 1.48. The Morgan fingerprint density at radius 3 is 3.06 bits per heavy atom. The van der Waals surface area contributed by atoms with Gasteiger partial charge in [-0.3, -0.25) is 4.79 Å². The van der Waals surface area contributed by atoms with Crippen molar-refractivity contribution in [3.05, 3.63) is 24.0 Å². The van der Waals surface area contributed by atoms with Crippen molar-refractivity contribution in [3.8, 4) is 0 Å². The molecule has 0 aromatic carbocycles. The molecule has 1 aromatic rings. The second kappa shape index (κ2) is 4.43. The molecule has 2 fully saturated rings. The number of aryl methyl sites for hydroxylation is 1. The molecule has 0 spiro atoms. The van der Waals surface area contributed by atoms with E-state index in [9.17, 15) is 4.79 Å². The minimum atomic E-state index is 0.198. The van der Waals surface area contributed by atoms with Crippen LogP contribution in [0.1, 0.15) is 24.3 Å². The highest BCUT2D eigenvalue weighted by Crippen LogP contribution is 2.33. The van der Waals surface area contributed by atoms with Crippen LogP contribution in [0.15, 0.2) is 18.3 Å². The first kappa shape index (κ1) is 11.8. The maximum atomic E-state index is 12.6. The first-order valence-corrected chi connectivity index (χ1v) is 6.89. The Labute approximate surface area is 108 Å². The minimum absolute atomic E-state index is 0.198. The molecule has 3 atom stereocenters. The van der Waals surface area contributed by atoms with E-state index in [1.165, 1.54) is 0 Å². The number of likely N-dealkylation sites (tertiary alicyclic amines) is 1. The van der Waals surface area contributed by atoms with Crippen LogP contribution in [0.4, 0.5) is 0 Å². The van der Waals surface area contributed by atoms with Gasteiger partial charge in [-0.05, 0) is 37.8 Å². The van der Waals surface area contributed by atoms with Crippen molar-refractivity contribution < 1.29 is 4.79 Å². The normalized spacial score (nSPS) is 30.8. The number of hydrogen-bond donors (Lipinski definition) is 1. The Bertz CT molecular complexity index is 454. The summed E-state index contributed by atoms with van der Waals surface area (Å²) in [7, 11) is 0. The van der Waals surface area contributed by atoms with Gasteiger partial charge >= 0.3 is 0 Å². The minimum Gasteiger partial charge on any atom is -0.344 e. The van der Waals surface area contributed by atoms with Crippen LogP contribution < -0.4 is 5.32 Å². The Morgan fingerprint density at radius 1 is 1.50 bits per heavy atom. The van der Waals surface area contributed by atoms with Crippen LogP contribution in [0, 0.1) is 11.8 Å². The Balaban J connectivity index is 1.81. The fraction of sp³-hybridized carbons (Fsp3) is 0.643. The van der Waals surface area contributed by atoms with E-state index in [2.05, 4.69) is 24.1 Å². The summed E-state index contributed by atoms with van der Waals surface area (Å²) in [5.41, 5.74) is 0.831. The number of carbonyl (C=O) groups is 1. The lowest BCUT2D eigenvalue weighted by Crippen LogP contribution is -2.38. The molecule has 0 bridgehead atoms. The maximum Gasteiger partial charge on any atom is 0.270 e. The van der Waals surface area contributed by atoms with E-state index < -0.39 is 0 Å². The molecule has 4 heteroatoms. The topological polar surface area (TPSA) is 37.3 Å². The third-order valence-corrected chi connectivity index (χ3v) is 4.58. The monoisotopic (exact) mass is 247 g/mol. The second-order valence-electron chi connectivity index (χ2n) is 5.46. The first-order valence-electron chi connectivity index (χ1n) is 6.89. The molecule has 4 nitrogen and oxygen atoms in total. The highest BCUT2D eigenvalue weighted by atomic mass is 16.2. The van der Waals surface area contributed by atoms with Crippen LogP contribution in [0.3, 0.4) is 0 Å². The molecule has 0 aliphatic carbocycles. The zero-order valence-electron chi connectivity index (χ0n) is 11.1. The SMILES string of the molecule is CCn1cccc1C(=O)N1CC2CNCC2C1C. The fourth-order valence-electron chi connectivity index (χ4n) is 3.47. The van der Waals surface area contributed by atoms with Crippen molar-refractivity contribution in [3.63, 3.8) is 0 Å². The number of rotatable bonds is 2. The van der Waals surface area contributed by atoms with E-state index in [1.807, 2.05) is 22.9 Å². The van der Waals surface area contributed by atoms with Gasteiger partial charge in [0, 0.05) is 38.4 Å². The molecule has 3 rings (SSSR count). The van der Waals surface area contributed by atoms with Crippen LogP contribution in [-0.4, -0.2) is 41.1 Å². The first-order chi connectivity index (χ1) is 8.72. The van der Waals surface area contributed by atoms with E-state index in [0.29, 0.717) is 17.9 Å². The van der Waals surface area contributed by atoms with E-state index in [0.717, 1.165) is 31.9 Å². The number of amides is 1. The summed E-state index contributed by atoms with van der Waals surface area (Å²) in [4.78, 5) is 14.7. The zero-order valence-corrected chi connectivity index (χ0v) is 11.1. The number of hydrogen-bond acceptors (Lipinski definition) is 2. The molecule has 2 aliphatic rings. The van der Waals surface area contributed by atoms with Crippen molar-refractivity contribution in [2.24, 2.45) is 11.8 Å². The highest BCUT2D eigenvalue weighted by Gasteiger charge is 2.44. The van der Waals surface area contributed by atoms with E-state index >= 15 is 0 Å². The van der Waals surface area contributed by atoms with Crippen molar-refractivity contribution in [1.82, 2.24) is 14.8 Å². The lowest BCUT2D eigenvalue weighted by atomic mass is 9.95. The van der Waals surface area contributed by atoms with Gasteiger partial charge < -0.3 is 14.8 Å². The average Bonchev–Trinajstić information content (AvgIpc) is 3.05. The molecule has 1 amide bonds. The Hall–Kier alpha value is -1.29. The van der Waals surface area contributed by atoms with Gasteiger partial charge in [0.25, 0.3) is 5.91 Å². The summed E-state index contributed by atoms with van der Waals surface area (Å²) in [6.45, 7) is 8.15. The maximum absolute atomic E-state index is 12.6. The van der Waals surface area contributed by atoms with Crippen molar-refractivity contribution >= 4 is 5.91 Å². The lowest BCUT2D eigenvalue weighted by molar-refractivity contribution is 0.0717. The van der Waals surface area contributed by atoms with Crippen LogP contribution in [0.2, 0.25) is 0 Å².